The second-order valence-corrected chi connectivity index (χ2v) is 4.57. The quantitative estimate of drug-likeness (QED) is 0.851. The maximum Gasteiger partial charge on any atom is 0.231 e. The van der Waals surface area contributed by atoms with E-state index in [1.165, 1.54) is 0 Å². The molecule has 0 aromatic carbocycles. The molecule has 2 rings (SSSR count). The van der Waals surface area contributed by atoms with Gasteiger partial charge >= 0.3 is 0 Å². The van der Waals surface area contributed by atoms with Gasteiger partial charge in [-0.1, -0.05) is 0 Å². The Bertz CT molecular complexity index is 502. The Labute approximate surface area is 96.9 Å². The highest BCUT2D eigenvalue weighted by Crippen LogP contribution is 2.11. The Morgan fingerprint density at radius 2 is 2.38 bits per heavy atom. The lowest BCUT2D eigenvalue weighted by atomic mass is 10.3. The van der Waals surface area contributed by atoms with Gasteiger partial charge < -0.3 is 5.32 Å². The van der Waals surface area contributed by atoms with Crippen molar-refractivity contribution in [3.63, 3.8) is 0 Å². The molecule has 2 heterocycles. The summed E-state index contributed by atoms with van der Waals surface area (Å²) in [5, 5.41) is 12.2. The molecular formula is C10H12N4OS. The molecule has 16 heavy (non-hydrogen) atoms. The molecule has 0 atom stereocenters. The van der Waals surface area contributed by atoms with Gasteiger partial charge in [-0.25, -0.2) is 4.98 Å². The molecule has 2 aromatic heterocycles. The molecule has 0 unspecified atom stereocenters. The van der Waals surface area contributed by atoms with Crippen LogP contribution in [0.25, 0.3) is 0 Å². The molecular weight excluding hydrogens is 224 g/mol. The van der Waals surface area contributed by atoms with E-state index >= 15 is 0 Å². The number of nitrogens with one attached hydrogen (secondary N) is 2. The molecule has 0 aliphatic heterocycles. The monoisotopic (exact) mass is 236 g/mol. The molecule has 0 saturated carbocycles. The summed E-state index contributed by atoms with van der Waals surface area (Å²) in [6, 6.07) is 0. The summed E-state index contributed by atoms with van der Waals surface area (Å²) in [6.45, 7) is 3.80. The van der Waals surface area contributed by atoms with Crippen molar-refractivity contribution in [2.75, 3.05) is 5.32 Å². The SMILES string of the molecule is Cc1nc(CC(=O)Nc2[nH]ncc2C)cs1. The number of aryl methyl sites for hydroxylation is 2. The van der Waals surface area contributed by atoms with Crippen LogP contribution in [0.3, 0.4) is 0 Å². The molecule has 0 bridgehead atoms. The second-order valence-electron chi connectivity index (χ2n) is 3.51. The van der Waals surface area contributed by atoms with E-state index in [4.69, 9.17) is 0 Å². The maximum atomic E-state index is 11.6. The van der Waals surface area contributed by atoms with Crippen LogP contribution < -0.4 is 5.32 Å². The Balaban J connectivity index is 1.97. The first-order valence-corrected chi connectivity index (χ1v) is 5.74. The Morgan fingerprint density at radius 3 is 2.94 bits per heavy atom. The van der Waals surface area contributed by atoms with E-state index in [0.29, 0.717) is 12.2 Å². The van der Waals surface area contributed by atoms with Crippen molar-refractivity contribution < 1.29 is 4.79 Å². The van der Waals surface area contributed by atoms with Crippen LogP contribution in [0, 0.1) is 13.8 Å². The number of amides is 1. The average Bonchev–Trinajstić information content (AvgIpc) is 2.77. The first kappa shape index (κ1) is 10.8. The first-order valence-electron chi connectivity index (χ1n) is 4.86. The number of carbonyl (C=O) groups is 1. The molecule has 0 fully saturated rings. The van der Waals surface area contributed by atoms with Crippen molar-refractivity contribution >= 4 is 23.1 Å². The third kappa shape index (κ3) is 2.46. The molecule has 0 radical (unpaired) electrons. The largest absolute Gasteiger partial charge is 0.311 e. The van der Waals surface area contributed by atoms with Gasteiger partial charge in [-0.15, -0.1) is 11.3 Å². The first-order chi connectivity index (χ1) is 7.65. The fraction of sp³-hybridized carbons (Fsp3) is 0.300. The summed E-state index contributed by atoms with van der Waals surface area (Å²) in [4.78, 5) is 15.9. The van der Waals surface area contributed by atoms with Gasteiger partial charge in [0.25, 0.3) is 0 Å². The number of aromatic nitrogens is 3. The average molecular weight is 236 g/mol. The zero-order chi connectivity index (χ0) is 11.5. The molecule has 1 amide bonds. The van der Waals surface area contributed by atoms with Crippen molar-refractivity contribution in [3.8, 4) is 0 Å². The molecule has 5 nitrogen and oxygen atoms in total. The van der Waals surface area contributed by atoms with Gasteiger partial charge in [0.15, 0.2) is 0 Å². The number of rotatable bonds is 3. The topological polar surface area (TPSA) is 70.7 Å². The van der Waals surface area contributed by atoms with E-state index in [9.17, 15) is 4.79 Å². The molecule has 0 aliphatic carbocycles. The highest BCUT2D eigenvalue weighted by atomic mass is 32.1. The van der Waals surface area contributed by atoms with E-state index in [1.54, 1.807) is 17.5 Å². The van der Waals surface area contributed by atoms with Crippen molar-refractivity contribution in [2.24, 2.45) is 0 Å². The summed E-state index contributed by atoms with van der Waals surface area (Å²) in [7, 11) is 0. The molecule has 84 valence electrons. The second kappa shape index (κ2) is 4.44. The minimum Gasteiger partial charge on any atom is -0.311 e. The number of carbonyl (C=O) groups excluding carboxylic acids is 1. The smallest absolute Gasteiger partial charge is 0.231 e. The van der Waals surface area contributed by atoms with Gasteiger partial charge in [-0.05, 0) is 13.8 Å². The zero-order valence-electron chi connectivity index (χ0n) is 9.07. The van der Waals surface area contributed by atoms with Crippen LogP contribution in [0.15, 0.2) is 11.6 Å². The molecule has 0 saturated heterocycles. The van der Waals surface area contributed by atoms with Crippen LogP contribution >= 0.6 is 11.3 Å². The number of nitrogens with zero attached hydrogens (tertiary/aromatic N) is 2. The number of aromatic amines is 1. The molecule has 6 heteroatoms. The third-order valence-corrected chi connectivity index (χ3v) is 2.92. The molecule has 0 spiro atoms. The highest BCUT2D eigenvalue weighted by molar-refractivity contribution is 7.09. The van der Waals surface area contributed by atoms with Crippen LogP contribution in [-0.4, -0.2) is 21.1 Å². The number of H-pyrrole nitrogens is 1. The minimum atomic E-state index is -0.0855. The molecule has 2 aromatic rings. The van der Waals surface area contributed by atoms with Crippen LogP contribution in [0.4, 0.5) is 5.82 Å². The van der Waals surface area contributed by atoms with E-state index < -0.39 is 0 Å². The van der Waals surface area contributed by atoms with Crippen LogP contribution in [-0.2, 0) is 11.2 Å². The lowest BCUT2D eigenvalue weighted by Crippen LogP contribution is -2.15. The summed E-state index contributed by atoms with van der Waals surface area (Å²) >= 11 is 1.55. The standard InChI is InChI=1S/C10H12N4OS/c1-6-4-11-14-10(6)13-9(15)3-8-5-16-7(2)12-8/h4-5H,3H2,1-2H3,(H2,11,13,14,15). The number of hydrogen-bond donors (Lipinski definition) is 2. The Kier molecular flexibility index (Phi) is 3.00. The van der Waals surface area contributed by atoms with Gasteiger partial charge in [0, 0.05) is 10.9 Å². The normalized spacial score (nSPS) is 10.4. The van der Waals surface area contributed by atoms with Gasteiger partial charge in [0.05, 0.1) is 23.3 Å². The number of thiazole rings is 1. The summed E-state index contributed by atoms with van der Waals surface area (Å²) in [5.41, 5.74) is 1.72. The number of anilines is 1. The lowest BCUT2D eigenvalue weighted by Gasteiger charge is -2.01. The predicted molar refractivity (Wildman–Crippen MR) is 62.5 cm³/mol. The summed E-state index contributed by atoms with van der Waals surface area (Å²) < 4.78 is 0. The summed E-state index contributed by atoms with van der Waals surface area (Å²) in [6.07, 6.45) is 1.96. The van der Waals surface area contributed by atoms with Gasteiger partial charge in [0.1, 0.15) is 5.82 Å². The van der Waals surface area contributed by atoms with Crippen molar-refractivity contribution in [1.29, 1.82) is 0 Å². The van der Waals surface area contributed by atoms with Crippen molar-refractivity contribution in [2.45, 2.75) is 20.3 Å². The van der Waals surface area contributed by atoms with E-state index in [-0.39, 0.29) is 5.91 Å². The van der Waals surface area contributed by atoms with Crippen molar-refractivity contribution in [1.82, 2.24) is 15.2 Å². The highest BCUT2D eigenvalue weighted by Gasteiger charge is 2.08. The predicted octanol–water partition coefficient (Wildman–Crippen LogP) is 1.66. The van der Waals surface area contributed by atoms with Crippen LogP contribution in [0.2, 0.25) is 0 Å². The fourth-order valence-corrected chi connectivity index (χ4v) is 1.92. The lowest BCUT2D eigenvalue weighted by molar-refractivity contribution is -0.115. The van der Waals surface area contributed by atoms with Crippen LogP contribution in [0.1, 0.15) is 16.3 Å². The fourth-order valence-electron chi connectivity index (χ4n) is 1.31. The summed E-state index contributed by atoms with van der Waals surface area (Å²) in [5.74, 6) is 0.564. The number of hydrogen-bond acceptors (Lipinski definition) is 4. The third-order valence-electron chi connectivity index (χ3n) is 2.10. The Hall–Kier alpha value is -1.69. The van der Waals surface area contributed by atoms with E-state index in [2.05, 4.69) is 20.5 Å². The van der Waals surface area contributed by atoms with E-state index in [1.807, 2.05) is 19.2 Å². The van der Waals surface area contributed by atoms with Gasteiger partial charge in [-0.3, -0.25) is 9.89 Å². The maximum absolute atomic E-state index is 11.6. The van der Waals surface area contributed by atoms with Gasteiger partial charge in [-0.2, -0.15) is 5.10 Å². The van der Waals surface area contributed by atoms with Gasteiger partial charge in [0.2, 0.25) is 5.91 Å². The van der Waals surface area contributed by atoms with E-state index in [0.717, 1.165) is 16.3 Å². The van der Waals surface area contributed by atoms with Crippen molar-refractivity contribution in [3.05, 3.63) is 27.8 Å². The minimum absolute atomic E-state index is 0.0855. The zero-order valence-corrected chi connectivity index (χ0v) is 9.89. The molecule has 2 N–H and O–H groups in total. The van der Waals surface area contributed by atoms with Crippen LogP contribution in [0.5, 0.6) is 0 Å². The molecule has 0 aliphatic rings. The Morgan fingerprint density at radius 1 is 1.56 bits per heavy atom.